The van der Waals surface area contributed by atoms with Gasteiger partial charge in [0.05, 0.1) is 17.3 Å². The fourth-order valence-corrected chi connectivity index (χ4v) is 3.22. The number of allylic oxidation sites excluding steroid dienone is 4. The fraction of sp³-hybridized carbons (Fsp3) is 0.400. The standard InChI is InChI=1S/C15H15FN4O/c16-10-1-2-11-12(7-10)19-20-13(8-14(21)18-15(11)20)9-3-5-17-6-4-9/h1-2,7-9,11,17H,3-6H2. The van der Waals surface area contributed by atoms with Crippen molar-refractivity contribution >= 4 is 5.71 Å². The van der Waals surface area contributed by atoms with E-state index in [1.54, 1.807) is 16.8 Å². The van der Waals surface area contributed by atoms with Gasteiger partial charge in [-0.1, -0.05) is 6.08 Å². The van der Waals surface area contributed by atoms with E-state index in [0.717, 1.165) is 31.6 Å². The number of nitrogens with zero attached hydrogens (tertiary/aromatic N) is 3. The normalized spacial score (nSPS) is 24.3. The molecule has 108 valence electrons. The lowest BCUT2D eigenvalue weighted by molar-refractivity contribution is 0.439. The number of hydrogen-bond acceptors (Lipinski definition) is 4. The molecule has 6 heteroatoms. The van der Waals surface area contributed by atoms with E-state index < -0.39 is 0 Å². The molecule has 4 rings (SSSR count). The molecule has 0 saturated carbocycles. The van der Waals surface area contributed by atoms with Crippen LogP contribution in [0.15, 0.2) is 40.0 Å². The van der Waals surface area contributed by atoms with Crippen LogP contribution in [0.2, 0.25) is 0 Å². The molecule has 1 unspecified atom stereocenters. The Morgan fingerprint density at radius 3 is 2.95 bits per heavy atom. The topological polar surface area (TPSA) is 59.3 Å². The highest BCUT2D eigenvalue weighted by molar-refractivity contribution is 6.04. The summed E-state index contributed by atoms with van der Waals surface area (Å²) in [5.74, 6) is 0.372. The van der Waals surface area contributed by atoms with Crippen LogP contribution in [0, 0.1) is 0 Å². The van der Waals surface area contributed by atoms with Crippen LogP contribution in [-0.4, -0.2) is 28.5 Å². The molecule has 3 heterocycles. The van der Waals surface area contributed by atoms with Crippen LogP contribution >= 0.6 is 0 Å². The second-order valence-electron chi connectivity index (χ2n) is 5.60. The largest absolute Gasteiger partial charge is 0.317 e. The molecule has 21 heavy (non-hydrogen) atoms. The quantitative estimate of drug-likeness (QED) is 0.849. The first-order valence-corrected chi connectivity index (χ1v) is 7.21. The number of nitrogens with one attached hydrogen (secondary N) is 1. The lowest BCUT2D eigenvalue weighted by Gasteiger charge is -2.24. The lowest BCUT2D eigenvalue weighted by atomic mass is 9.93. The number of aromatic nitrogens is 2. The van der Waals surface area contributed by atoms with E-state index in [0.29, 0.717) is 17.5 Å². The lowest BCUT2D eigenvalue weighted by Crippen LogP contribution is -2.29. The van der Waals surface area contributed by atoms with Crippen LogP contribution in [0.1, 0.15) is 36.2 Å². The summed E-state index contributed by atoms with van der Waals surface area (Å²) in [6.45, 7) is 1.87. The SMILES string of the molecule is O=c1cc(C2CCNCC2)n2c(n1)C1C=CC(F)=CC1=N2. The molecule has 1 aromatic heterocycles. The molecule has 1 aliphatic carbocycles. The van der Waals surface area contributed by atoms with Gasteiger partial charge in [0.1, 0.15) is 11.7 Å². The summed E-state index contributed by atoms with van der Waals surface area (Å²) in [5.41, 5.74) is 1.27. The predicted octanol–water partition coefficient (Wildman–Crippen LogP) is 1.43. The second kappa shape index (κ2) is 4.73. The molecule has 2 aliphatic heterocycles. The van der Waals surface area contributed by atoms with Gasteiger partial charge in [0.2, 0.25) is 0 Å². The summed E-state index contributed by atoms with van der Waals surface area (Å²) < 4.78 is 15.1. The Balaban J connectivity index is 1.84. The molecule has 5 nitrogen and oxygen atoms in total. The van der Waals surface area contributed by atoms with Crippen molar-refractivity contribution in [2.75, 3.05) is 13.1 Å². The molecule has 0 spiro atoms. The number of rotatable bonds is 1. The van der Waals surface area contributed by atoms with Gasteiger partial charge in [-0.2, -0.15) is 10.1 Å². The average molecular weight is 286 g/mol. The van der Waals surface area contributed by atoms with Crippen molar-refractivity contribution in [2.24, 2.45) is 5.10 Å². The third kappa shape index (κ3) is 2.06. The minimum absolute atomic E-state index is 0.209. The molecular weight excluding hydrogens is 271 g/mol. The maximum absolute atomic E-state index is 13.4. The third-order valence-electron chi connectivity index (χ3n) is 4.26. The second-order valence-corrected chi connectivity index (χ2v) is 5.60. The van der Waals surface area contributed by atoms with Crippen molar-refractivity contribution in [1.82, 2.24) is 15.0 Å². The summed E-state index contributed by atoms with van der Waals surface area (Å²) in [6.07, 6.45) is 6.47. The molecule has 3 aliphatic rings. The van der Waals surface area contributed by atoms with Gasteiger partial charge in [0.25, 0.3) is 5.56 Å². The average Bonchev–Trinajstić information content (AvgIpc) is 2.84. The van der Waals surface area contributed by atoms with Gasteiger partial charge in [-0.25, -0.2) is 9.07 Å². The zero-order valence-corrected chi connectivity index (χ0v) is 11.4. The molecule has 0 aromatic carbocycles. The summed E-state index contributed by atoms with van der Waals surface area (Å²) in [6, 6.07) is 1.57. The maximum atomic E-state index is 13.4. The van der Waals surface area contributed by atoms with Crippen molar-refractivity contribution in [2.45, 2.75) is 24.7 Å². The summed E-state index contributed by atoms with van der Waals surface area (Å²) in [5, 5.41) is 7.80. The van der Waals surface area contributed by atoms with E-state index >= 15 is 0 Å². The highest BCUT2D eigenvalue weighted by Gasteiger charge is 2.31. The van der Waals surface area contributed by atoms with Gasteiger partial charge in [-0.05, 0) is 38.1 Å². The predicted molar refractivity (Wildman–Crippen MR) is 77.2 cm³/mol. The smallest absolute Gasteiger partial charge is 0.273 e. The molecule has 0 amide bonds. The molecule has 0 bridgehead atoms. The highest BCUT2D eigenvalue weighted by atomic mass is 19.1. The summed E-state index contributed by atoms with van der Waals surface area (Å²) >= 11 is 0. The molecule has 0 radical (unpaired) electrons. The van der Waals surface area contributed by atoms with Crippen molar-refractivity contribution in [3.05, 3.63) is 52.0 Å². The van der Waals surface area contributed by atoms with Gasteiger partial charge in [-0.15, -0.1) is 0 Å². The molecule has 1 atom stereocenters. The first-order valence-electron chi connectivity index (χ1n) is 7.21. The van der Waals surface area contributed by atoms with Gasteiger partial charge in [-0.3, -0.25) is 4.79 Å². The molecule has 1 N–H and O–H groups in total. The van der Waals surface area contributed by atoms with Crippen molar-refractivity contribution < 1.29 is 4.39 Å². The monoisotopic (exact) mass is 286 g/mol. The van der Waals surface area contributed by atoms with E-state index in [-0.39, 0.29) is 17.3 Å². The number of hydrogen-bond donors (Lipinski definition) is 1. The number of fused-ring (bicyclic) bond motifs is 3. The van der Waals surface area contributed by atoms with Crippen LogP contribution in [-0.2, 0) is 0 Å². The van der Waals surface area contributed by atoms with E-state index in [1.807, 2.05) is 0 Å². The zero-order valence-electron chi connectivity index (χ0n) is 11.4. The zero-order chi connectivity index (χ0) is 14.4. The fourth-order valence-electron chi connectivity index (χ4n) is 3.22. The Labute approximate surface area is 120 Å². The summed E-state index contributed by atoms with van der Waals surface area (Å²) in [7, 11) is 0. The Kier molecular flexibility index (Phi) is 2.85. The van der Waals surface area contributed by atoms with Crippen molar-refractivity contribution in [3.63, 3.8) is 0 Å². The van der Waals surface area contributed by atoms with Gasteiger partial charge in [0, 0.05) is 12.0 Å². The Morgan fingerprint density at radius 2 is 2.14 bits per heavy atom. The Hall–Kier alpha value is -2.08. The summed E-state index contributed by atoms with van der Waals surface area (Å²) in [4.78, 5) is 16.0. The molecule has 1 fully saturated rings. The molecule has 1 aromatic rings. The molecule has 1 saturated heterocycles. The van der Waals surface area contributed by atoms with Crippen LogP contribution in [0.25, 0.3) is 0 Å². The van der Waals surface area contributed by atoms with Crippen LogP contribution in [0.5, 0.6) is 0 Å². The van der Waals surface area contributed by atoms with E-state index in [9.17, 15) is 9.18 Å². The number of piperidine rings is 1. The van der Waals surface area contributed by atoms with Crippen LogP contribution < -0.4 is 10.9 Å². The maximum Gasteiger partial charge on any atom is 0.273 e. The first kappa shape index (κ1) is 12.6. The van der Waals surface area contributed by atoms with Crippen molar-refractivity contribution in [1.29, 1.82) is 0 Å². The van der Waals surface area contributed by atoms with E-state index in [4.69, 9.17) is 0 Å². The van der Waals surface area contributed by atoms with E-state index in [1.165, 1.54) is 12.2 Å². The third-order valence-corrected chi connectivity index (χ3v) is 4.26. The van der Waals surface area contributed by atoms with Gasteiger partial charge in [0.15, 0.2) is 0 Å². The van der Waals surface area contributed by atoms with E-state index in [2.05, 4.69) is 15.4 Å². The van der Waals surface area contributed by atoms with Crippen LogP contribution in [0.4, 0.5) is 4.39 Å². The highest BCUT2D eigenvalue weighted by Crippen LogP contribution is 2.33. The Bertz CT molecular complexity index is 741. The first-order chi connectivity index (χ1) is 10.2. The molecular formula is C15H15FN4O. The minimum atomic E-state index is -0.316. The van der Waals surface area contributed by atoms with Crippen LogP contribution in [0.3, 0.4) is 0 Å². The Morgan fingerprint density at radius 1 is 1.33 bits per heavy atom. The van der Waals surface area contributed by atoms with Gasteiger partial charge < -0.3 is 5.32 Å². The number of halogens is 1. The van der Waals surface area contributed by atoms with Crippen molar-refractivity contribution in [3.8, 4) is 0 Å². The minimum Gasteiger partial charge on any atom is -0.317 e. The van der Waals surface area contributed by atoms with Gasteiger partial charge >= 0.3 is 0 Å².